The Labute approximate surface area is 104 Å². The SMILES string of the molecule is Cc1cccc2nc(N)n(Cc3ccncn3)c12. The maximum Gasteiger partial charge on any atom is 0.201 e. The molecule has 0 aliphatic rings. The van der Waals surface area contributed by atoms with Gasteiger partial charge in [0.2, 0.25) is 5.95 Å². The average Bonchev–Trinajstić information content (AvgIpc) is 2.69. The molecular formula is C13H13N5. The van der Waals surface area contributed by atoms with E-state index in [9.17, 15) is 0 Å². The highest BCUT2D eigenvalue weighted by Gasteiger charge is 2.10. The van der Waals surface area contributed by atoms with Crippen LogP contribution >= 0.6 is 0 Å². The van der Waals surface area contributed by atoms with Crippen LogP contribution in [-0.2, 0) is 6.54 Å². The van der Waals surface area contributed by atoms with E-state index in [2.05, 4.69) is 27.9 Å². The second kappa shape index (κ2) is 4.10. The van der Waals surface area contributed by atoms with Gasteiger partial charge in [0.15, 0.2) is 0 Å². The van der Waals surface area contributed by atoms with E-state index in [1.54, 1.807) is 6.20 Å². The third kappa shape index (κ3) is 1.69. The number of para-hydroxylation sites is 1. The number of nitrogens with two attached hydrogens (primary N) is 1. The van der Waals surface area contributed by atoms with Gasteiger partial charge in [0.25, 0.3) is 0 Å². The Bertz CT molecular complexity index is 687. The lowest BCUT2D eigenvalue weighted by molar-refractivity contribution is 0.802. The monoisotopic (exact) mass is 239 g/mol. The lowest BCUT2D eigenvalue weighted by atomic mass is 10.2. The van der Waals surface area contributed by atoms with Crippen LogP contribution in [0.15, 0.2) is 36.8 Å². The number of nitrogen functional groups attached to an aromatic ring is 1. The Morgan fingerprint density at radius 2 is 2.17 bits per heavy atom. The molecule has 2 aromatic heterocycles. The standard InChI is InChI=1S/C13H13N5/c1-9-3-2-4-11-12(9)18(13(14)17-11)7-10-5-6-15-8-16-10/h2-6,8H,7H2,1H3,(H2,14,17). The molecule has 18 heavy (non-hydrogen) atoms. The van der Waals surface area contributed by atoms with Gasteiger partial charge in [0.1, 0.15) is 6.33 Å². The number of hydrogen-bond donors (Lipinski definition) is 1. The first-order valence-electron chi connectivity index (χ1n) is 5.72. The number of benzene rings is 1. The lowest BCUT2D eigenvalue weighted by Gasteiger charge is -2.07. The van der Waals surface area contributed by atoms with Gasteiger partial charge in [-0.25, -0.2) is 15.0 Å². The first kappa shape index (κ1) is 10.7. The molecule has 0 aliphatic carbocycles. The molecule has 2 heterocycles. The Balaban J connectivity index is 2.14. The van der Waals surface area contributed by atoms with Crippen molar-refractivity contribution in [3.63, 3.8) is 0 Å². The first-order valence-corrected chi connectivity index (χ1v) is 5.72. The third-order valence-corrected chi connectivity index (χ3v) is 2.96. The number of fused-ring (bicyclic) bond motifs is 1. The van der Waals surface area contributed by atoms with Gasteiger partial charge in [0.05, 0.1) is 23.3 Å². The maximum absolute atomic E-state index is 5.98. The molecule has 0 saturated heterocycles. The maximum atomic E-state index is 5.98. The van der Waals surface area contributed by atoms with Gasteiger partial charge >= 0.3 is 0 Å². The molecule has 0 amide bonds. The number of aryl methyl sites for hydroxylation is 1. The van der Waals surface area contributed by atoms with Crippen molar-refractivity contribution in [2.45, 2.75) is 13.5 Å². The molecule has 1 aromatic carbocycles. The van der Waals surface area contributed by atoms with Crippen LogP contribution in [0.2, 0.25) is 0 Å². The number of imidazole rings is 1. The number of rotatable bonds is 2. The molecule has 0 saturated carbocycles. The van der Waals surface area contributed by atoms with Crippen LogP contribution in [0.3, 0.4) is 0 Å². The summed E-state index contributed by atoms with van der Waals surface area (Å²) in [6, 6.07) is 7.89. The smallest absolute Gasteiger partial charge is 0.201 e. The highest BCUT2D eigenvalue weighted by Crippen LogP contribution is 2.21. The fourth-order valence-corrected chi connectivity index (χ4v) is 2.12. The summed E-state index contributed by atoms with van der Waals surface area (Å²) in [5.41, 5.74) is 10.0. The van der Waals surface area contributed by atoms with E-state index >= 15 is 0 Å². The van der Waals surface area contributed by atoms with Crippen molar-refractivity contribution in [3.8, 4) is 0 Å². The van der Waals surface area contributed by atoms with Gasteiger partial charge in [-0.15, -0.1) is 0 Å². The van der Waals surface area contributed by atoms with Gasteiger partial charge in [-0.3, -0.25) is 0 Å². The lowest BCUT2D eigenvalue weighted by Crippen LogP contribution is -2.06. The third-order valence-electron chi connectivity index (χ3n) is 2.96. The van der Waals surface area contributed by atoms with Crippen LogP contribution in [0, 0.1) is 6.92 Å². The summed E-state index contributed by atoms with van der Waals surface area (Å²) in [6.45, 7) is 2.66. The van der Waals surface area contributed by atoms with Crippen molar-refractivity contribution in [1.29, 1.82) is 0 Å². The van der Waals surface area contributed by atoms with E-state index in [4.69, 9.17) is 5.73 Å². The molecule has 0 fully saturated rings. The van der Waals surface area contributed by atoms with Crippen molar-refractivity contribution >= 4 is 17.0 Å². The molecular weight excluding hydrogens is 226 g/mol. The molecule has 0 bridgehead atoms. The van der Waals surface area contributed by atoms with Gasteiger partial charge in [-0.05, 0) is 24.6 Å². The van der Waals surface area contributed by atoms with E-state index in [1.165, 1.54) is 6.33 Å². The van der Waals surface area contributed by atoms with Gasteiger partial charge < -0.3 is 10.3 Å². The number of aromatic nitrogens is 4. The Hall–Kier alpha value is -2.43. The summed E-state index contributed by atoms with van der Waals surface area (Å²) in [5.74, 6) is 0.512. The Morgan fingerprint density at radius 1 is 1.28 bits per heavy atom. The fraction of sp³-hybridized carbons (Fsp3) is 0.154. The average molecular weight is 239 g/mol. The highest BCUT2D eigenvalue weighted by molar-refractivity contribution is 5.81. The second-order valence-corrected chi connectivity index (χ2v) is 4.20. The van der Waals surface area contributed by atoms with Crippen LogP contribution in [0.4, 0.5) is 5.95 Å². The van der Waals surface area contributed by atoms with Crippen LogP contribution in [0.5, 0.6) is 0 Å². The van der Waals surface area contributed by atoms with E-state index in [0.29, 0.717) is 12.5 Å². The minimum Gasteiger partial charge on any atom is -0.369 e. The van der Waals surface area contributed by atoms with Crippen molar-refractivity contribution in [3.05, 3.63) is 48.0 Å². The summed E-state index contributed by atoms with van der Waals surface area (Å²) in [6.07, 6.45) is 3.27. The number of anilines is 1. The fourth-order valence-electron chi connectivity index (χ4n) is 2.12. The Kier molecular flexibility index (Phi) is 2.44. The normalized spacial score (nSPS) is 10.9. The van der Waals surface area contributed by atoms with Gasteiger partial charge in [-0.1, -0.05) is 12.1 Å². The molecule has 0 spiro atoms. The number of nitrogens with zero attached hydrogens (tertiary/aromatic N) is 4. The molecule has 0 aliphatic heterocycles. The van der Waals surface area contributed by atoms with Gasteiger partial charge in [0, 0.05) is 6.20 Å². The topological polar surface area (TPSA) is 69.6 Å². The summed E-state index contributed by atoms with van der Waals surface area (Å²) in [7, 11) is 0. The quantitative estimate of drug-likeness (QED) is 0.739. The predicted octanol–water partition coefficient (Wildman–Crippen LogP) is 1.77. The minimum absolute atomic E-state index is 0.512. The molecule has 90 valence electrons. The summed E-state index contributed by atoms with van der Waals surface area (Å²) < 4.78 is 1.98. The highest BCUT2D eigenvalue weighted by atomic mass is 15.2. The first-order chi connectivity index (χ1) is 8.75. The van der Waals surface area contributed by atoms with Crippen LogP contribution < -0.4 is 5.73 Å². The Morgan fingerprint density at radius 3 is 2.94 bits per heavy atom. The van der Waals surface area contributed by atoms with E-state index < -0.39 is 0 Å². The van der Waals surface area contributed by atoms with Gasteiger partial charge in [-0.2, -0.15) is 0 Å². The summed E-state index contributed by atoms with van der Waals surface area (Å²) >= 11 is 0. The van der Waals surface area contributed by atoms with E-state index in [-0.39, 0.29) is 0 Å². The van der Waals surface area contributed by atoms with E-state index in [1.807, 2.05) is 22.8 Å². The molecule has 0 radical (unpaired) electrons. The number of hydrogen-bond acceptors (Lipinski definition) is 4. The molecule has 5 heteroatoms. The molecule has 2 N–H and O–H groups in total. The summed E-state index contributed by atoms with van der Waals surface area (Å²) in [4.78, 5) is 12.5. The van der Waals surface area contributed by atoms with Crippen molar-refractivity contribution in [1.82, 2.24) is 19.5 Å². The van der Waals surface area contributed by atoms with E-state index in [0.717, 1.165) is 22.3 Å². The zero-order valence-electron chi connectivity index (χ0n) is 10.0. The second-order valence-electron chi connectivity index (χ2n) is 4.20. The van der Waals surface area contributed by atoms with Crippen LogP contribution in [-0.4, -0.2) is 19.5 Å². The summed E-state index contributed by atoms with van der Waals surface area (Å²) in [5, 5.41) is 0. The minimum atomic E-state index is 0.512. The zero-order valence-corrected chi connectivity index (χ0v) is 10.0. The van der Waals surface area contributed by atoms with Crippen molar-refractivity contribution in [2.75, 3.05) is 5.73 Å². The van der Waals surface area contributed by atoms with Crippen molar-refractivity contribution in [2.24, 2.45) is 0 Å². The molecule has 3 rings (SSSR count). The molecule has 5 nitrogen and oxygen atoms in total. The molecule has 0 atom stereocenters. The van der Waals surface area contributed by atoms with Crippen LogP contribution in [0.1, 0.15) is 11.3 Å². The largest absolute Gasteiger partial charge is 0.369 e. The predicted molar refractivity (Wildman–Crippen MR) is 70.0 cm³/mol. The molecule has 0 unspecified atom stereocenters. The molecule has 3 aromatic rings. The van der Waals surface area contributed by atoms with Crippen molar-refractivity contribution < 1.29 is 0 Å². The van der Waals surface area contributed by atoms with Crippen LogP contribution in [0.25, 0.3) is 11.0 Å². The zero-order chi connectivity index (χ0) is 12.5.